The van der Waals surface area contributed by atoms with Gasteiger partial charge >= 0.3 is 0 Å². The van der Waals surface area contributed by atoms with Gasteiger partial charge in [-0.15, -0.1) is 0 Å². The predicted octanol–water partition coefficient (Wildman–Crippen LogP) is 15.3. The molecule has 0 aliphatic rings. The molecule has 0 aliphatic heterocycles. The summed E-state index contributed by atoms with van der Waals surface area (Å²) in [6, 6.07) is 75.2. The summed E-state index contributed by atoms with van der Waals surface area (Å²) in [5.41, 5.74) is 12.6. The average molecular weight is 949 g/mol. The van der Waals surface area contributed by atoms with Crippen LogP contribution in [0.25, 0.3) is 117 Å². The Hall–Kier alpha value is -8.18. The standard InChI is InChI=1S/C63H52N6Si2/c1-70(2,3)44-33-35-56-50(39-44)51-40-45(71(4,5)6)34-36-57(51)69(56)60-58(67-52-29-17-13-25-46(52)47-26-14-18-30-53(47)67)37-43(38-59(60)68-54-31-19-15-27-48(54)49-28-16-20-32-55(49)68)63-65-61(41-21-9-7-10-22-41)64-62(66-63)42-23-11-8-12-24-42/h7-40H,1-6H3. The molecule has 342 valence electrons. The molecule has 13 rings (SSSR count). The zero-order valence-electron chi connectivity index (χ0n) is 40.8. The number of hydrogen-bond acceptors (Lipinski definition) is 3. The minimum Gasteiger partial charge on any atom is -0.307 e. The van der Waals surface area contributed by atoms with Crippen molar-refractivity contribution in [1.29, 1.82) is 0 Å². The van der Waals surface area contributed by atoms with Crippen LogP contribution < -0.4 is 10.4 Å². The highest BCUT2D eigenvalue weighted by atomic mass is 28.3. The first-order valence-corrected chi connectivity index (χ1v) is 31.6. The number of para-hydroxylation sites is 4. The molecule has 0 saturated heterocycles. The van der Waals surface area contributed by atoms with E-state index in [9.17, 15) is 0 Å². The molecule has 6 nitrogen and oxygen atoms in total. The summed E-state index contributed by atoms with van der Waals surface area (Å²) in [6.45, 7) is 14.7. The van der Waals surface area contributed by atoms with Crippen LogP contribution in [0.5, 0.6) is 0 Å². The Morgan fingerprint density at radius 2 is 0.592 bits per heavy atom. The molecule has 0 bridgehead atoms. The molecule has 0 saturated carbocycles. The van der Waals surface area contributed by atoms with Gasteiger partial charge in [-0.3, -0.25) is 0 Å². The van der Waals surface area contributed by atoms with Crippen LogP contribution in [0.3, 0.4) is 0 Å². The van der Waals surface area contributed by atoms with Gasteiger partial charge in [0.1, 0.15) is 0 Å². The fourth-order valence-electron chi connectivity index (χ4n) is 10.8. The van der Waals surface area contributed by atoms with Gasteiger partial charge in [-0.1, -0.05) is 207 Å². The summed E-state index contributed by atoms with van der Waals surface area (Å²) in [7, 11) is -3.44. The largest absolute Gasteiger partial charge is 0.307 e. The lowest BCUT2D eigenvalue weighted by Crippen LogP contribution is -2.37. The number of aromatic nitrogens is 6. The van der Waals surface area contributed by atoms with E-state index in [1.165, 1.54) is 53.7 Å². The second-order valence-corrected chi connectivity index (χ2v) is 31.1. The average Bonchev–Trinajstić information content (AvgIpc) is 4.03. The summed E-state index contributed by atoms with van der Waals surface area (Å²) in [4.78, 5) is 16.0. The summed E-state index contributed by atoms with van der Waals surface area (Å²) in [5.74, 6) is 1.83. The van der Waals surface area contributed by atoms with Gasteiger partial charge < -0.3 is 13.7 Å². The summed E-state index contributed by atoms with van der Waals surface area (Å²) < 4.78 is 7.55. The van der Waals surface area contributed by atoms with Crippen molar-refractivity contribution in [2.75, 3.05) is 0 Å². The molecule has 13 aromatic rings. The maximum Gasteiger partial charge on any atom is 0.164 e. The summed E-state index contributed by atoms with van der Waals surface area (Å²) in [5, 5.41) is 10.2. The molecule has 8 heteroatoms. The fourth-order valence-corrected chi connectivity index (χ4v) is 13.1. The molecule has 0 aliphatic carbocycles. The Labute approximate surface area is 415 Å². The van der Waals surface area contributed by atoms with Crippen LogP contribution >= 0.6 is 0 Å². The maximum absolute atomic E-state index is 5.41. The van der Waals surface area contributed by atoms with E-state index in [2.05, 4.69) is 223 Å². The van der Waals surface area contributed by atoms with Crippen molar-refractivity contribution in [2.45, 2.75) is 39.3 Å². The maximum atomic E-state index is 5.41. The van der Waals surface area contributed by atoms with E-state index in [4.69, 9.17) is 15.0 Å². The van der Waals surface area contributed by atoms with Crippen LogP contribution in [0.2, 0.25) is 39.3 Å². The second-order valence-electron chi connectivity index (χ2n) is 20.9. The first-order valence-electron chi connectivity index (χ1n) is 24.6. The fraction of sp³-hybridized carbons (Fsp3) is 0.0952. The third-order valence-corrected chi connectivity index (χ3v) is 18.5. The predicted molar refractivity (Wildman–Crippen MR) is 305 cm³/mol. The van der Waals surface area contributed by atoms with Crippen molar-refractivity contribution in [3.8, 4) is 51.2 Å². The van der Waals surface area contributed by atoms with Crippen LogP contribution in [-0.4, -0.2) is 44.8 Å². The van der Waals surface area contributed by atoms with Crippen molar-refractivity contribution < 1.29 is 0 Å². The number of benzene rings is 9. The van der Waals surface area contributed by atoms with Crippen molar-refractivity contribution in [3.63, 3.8) is 0 Å². The SMILES string of the molecule is C[Si](C)(C)c1ccc2c(c1)c1cc([Si](C)(C)C)ccc1n2-c1c(-n2c3ccccc3c3ccccc32)cc(-c2nc(-c3ccccc3)nc(-c3ccccc3)n2)cc1-n1c2ccccc2c2ccccc21. The third-order valence-electron chi connectivity index (χ3n) is 14.4. The zero-order valence-corrected chi connectivity index (χ0v) is 42.8. The first-order chi connectivity index (χ1) is 34.5. The molecule has 0 N–H and O–H groups in total. The topological polar surface area (TPSA) is 53.5 Å². The molecule has 0 fully saturated rings. The Morgan fingerprint density at radius 3 is 0.944 bits per heavy atom. The lowest BCUT2D eigenvalue weighted by molar-refractivity contribution is 1.04. The van der Waals surface area contributed by atoms with Crippen molar-refractivity contribution in [2.24, 2.45) is 0 Å². The molecule has 4 heterocycles. The third kappa shape index (κ3) is 7.00. The van der Waals surface area contributed by atoms with E-state index in [0.29, 0.717) is 17.5 Å². The summed E-state index contributed by atoms with van der Waals surface area (Å²) >= 11 is 0. The van der Waals surface area contributed by atoms with Crippen LogP contribution in [0, 0.1) is 0 Å². The molecule has 0 amide bonds. The molecule has 0 spiro atoms. The normalized spacial score (nSPS) is 12.4. The van der Waals surface area contributed by atoms with Crippen LogP contribution in [0.4, 0.5) is 0 Å². The quantitative estimate of drug-likeness (QED) is 0.143. The van der Waals surface area contributed by atoms with Crippen LogP contribution in [0.15, 0.2) is 206 Å². The lowest BCUT2D eigenvalue weighted by Gasteiger charge is -2.24. The minimum atomic E-state index is -1.72. The van der Waals surface area contributed by atoms with Crippen molar-refractivity contribution in [3.05, 3.63) is 206 Å². The Kier molecular flexibility index (Phi) is 9.79. The summed E-state index contributed by atoms with van der Waals surface area (Å²) in [6.07, 6.45) is 0. The Balaban J connectivity index is 1.27. The molecule has 0 unspecified atom stereocenters. The van der Waals surface area contributed by atoms with Gasteiger partial charge in [-0.05, 0) is 48.5 Å². The Bertz CT molecular complexity index is 3880. The Morgan fingerprint density at radius 1 is 0.282 bits per heavy atom. The van der Waals surface area contributed by atoms with Crippen LogP contribution in [-0.2, 0) is 0 Å². The second kappa shape index (κ2) is 16.2. The van der Waals surface area contributed by atoms with Gasteiger partial charge in [-0.2, -0.15) is 0 Å². The van der Waals surface area contributed by atoms with Crippen molar-refractivity contribution in [1.82, 2.24) is 28.7 Å². The lowest BCUT2D eigenvalue weighted by atomic mass is 10.1. The minimum absolute atomic E-state index is 0.593. The monoisotopic (exact) mass is 948 g/mol. The molecule has 4 aromatic heterocycles. The van der Waals surface area contributed by atoms with Gasteiger partial charge in [0.15, 0.2) is 17.5 Å². The number of fused-ring (bicyclic) bond motifs is 9. The molecule has 71 heavy (non-hydrogen) atoms. The highest BCUT2D eigenvalue weighted by Crippen LogP contribution is 2.45. The first kappa shape index (κ1) is 42.9. The van der Waals surface area contributed by atoms with E-state index in [1.807, 2.05) is 36.4 Å². The van der Waals surface area contributed by atoms with E-state index in [-0.39, 0.29) is 0 Å². The van der Waals surface area contributed by atoms with E-state index in [1.54, 1.807) is 0 Å². The van der Waals surface area contributed by atoms with Crippen LogP contribution in [0.1, 0.15) is 0 Å². The van der Waals surface area contributed by atoms with Gasteiger partial charge in [-0.25, -0.2) is 15.0 Å². The van der Waals surface area contributed by atoms with Gasteiger partial charge in [0, 0.05) is 49.0 Å². The van der Waals surface area contributed by atoms with Gasteiger partial charge in [0.25, 0.3) is 0 Å². The molecule has 0 radical (unpaired) electrons. The van der Waals surface area contributed by atoms with Crippen molar-refractivity contribution >= 4 is 91.9 Å². The zero-order chi connectivity index (χ0) is 48.2. The number of hydrogen-bond donors (Lipinski definition) is 0. The van der Waals surface area contributed by atoms with Gasteiger partial charge in [0.2, 0.25) is 0 Å². The highest BCUT2D eigenvalue weighted by Gasteiger charge is 2.29. The smallest absolute Gasteiger partial charge is 0.164 e. The molecular formula is C63H52N6Si2. The van der Waals surface area contributed by atoms with E-state index < -0.39 is 16.1 Å². The van der Waals surface area contributed by atoms with E-state index >= 15 is 0 Å². The molecule has 0 atom stereocenters. The van der Waals surface area contributed by atoms with Gasteiger partial charge in [0.05, 0.1) is 66.3 Å². The number of rotatable bonds is 8. The molecular weight excluding hydrogens is 897 g/mol. The number of nitrogens with zero attached hydrogens (tertiary/aromatic N) is 6. The molecule has 9 aromatic carbocycles. The van der Waals surface area contributed by atoms with E-state index in [0.717, 1.165) is 55.8 Å². The highest BCUT2D eigenvalue weighted by molar-refractivity contribution is 6.89.